The Morgan fingerprint density at radius 2 is 1.90 bits per heavy atom. The maximum atomic E-state index is 14.0. The molecule has 9 heteroatoms. The van der Waals surface area contributed by atoms with E-state index in [9.17, 15) is 28.3 Å². The molecular formula is C21H21F2N3O4. The summed E-state index contributed by atoms with van der Waals surface area (Å²) in [6.07, 6.45) is 4.61. The minimum Gasteiger partial charge on any atom is -0.503 e. The van der Waals surface area contributed by atoms with Crippen molar-refractivity contribution in [3.05, 3.63) is 62.6 Å². The van der Waals surface area contributed by atoms with Crippen LogP contribution in [0.15, 0.2) is 23.1 Å². The first kappa shape index (κ1) is 20.1. The number of pyridine rings is 1. The van der Waals surface area contributed by atoms with Gasteiger partial charge in [-0.05, 0) is 37.5 Å². The summed E-state index contributed by atoms with van der Waals surface area (Å²) in [6.45, 7) is 1.07. The Labute approximate surface area is 170 Å². The molecule has 30 heavy (non-hydrogen) atoms. The van der Waals surface area contributed by atoms with Gasteiger partial charge in [-0.15, -0.1) is 0 Å². The maximum absolute atomic E-state index is 14.0. The van der Waals surface area contributed by atoms with Gasteiger partial charge in [0.15, 0.2) is 11.4 Å². The second-order valence-corrected chi connectivity index (χ2v) is 7.80. The molecule has 2 amide bonds. The molecule has 2 aromatic rings. The second kappa shape index (κ2) is 7.55. The first-order valence-electron chi connectivity index (χ1n) is 9.79. The first-order chi connectivity index (χ1) is 14.3. The zero-order valence-electron chi connectivity index (χ0n) is 16.3. The number of aromatic nitrogens is 1. The third-order valence-corrected chi connectivity index (χ3v) is 5.78. The van der Waals surface area contributed by atoms with Crippen LogP contribution in [0.4, 0.5) is 8.78 Å². The van der Waals surface area contributed by atoms with Crippen molar-refractivity contribution in [2.24, 2.45) is 0 Å². The number of hydrogen-bond donors (Lipinski definition) is 3. The first-order valence-corrected chi connectivity index (χ1v) is 9.79. The average Bonchev–Trinajstić information content (AvgIpc) is 2.69. The fourth-order valence-corrected chi connectivity index (χ4v) is 4.28. The molecule has 1 fully saturated rings. The van der Waals surface area contributed by atoms with Crippen molar-refractivity contribution in [3.63, 3.8) is 0 Å². The monoisotopic (exact) mass is 417 g/mol. The Balaban J connectivity index is 1.67. The van der Waals surface area contributed by atoms with Crippen LogP contribution in [0.1, 0.15) is 63.7 Å². The highest BCUT2D eigenvalue weighted by atomic mass is 19.1. The Morgan fingerprint density at radius 3 is 2.60 bits per heavy atom. The molecule has 1 aliphatic carbocycles. The summed E-state index contributed by atoms with van der Waals surface area (Å²) < 4.78 is 29.5. The summed E-state index contributed by atoms with van der Waals surface area (Å²) in [4.78, 5) is 37.5. The summed E-state index contributed by atoms with van der Waals surface area (Å²) in [7, 11) is 0. The van der Waals surface area contributed by atoms with Gasteiger partial charge in [-0.1, -0.05) is 12.8 Å². The van der Waals surface area contributed by atoms with E-state index in [0.717, 1.165) is 37.8 Å². The van der Waals surface area contributed by atoms with E-state index in [4.69, 9.17) is 0 Å². The Hall–Kier alpha value is -3.23. The number of carbonyl (C=O) groups is 2. The molecule has 0 unspecified atom stereocenters. The predicted molar refractivity (Wildman–Crippen MR) is 103 cm³/mol. The van der Waals surface area contributed by atoms with E-state index in [-0.39, 0.29) is 28.9 Å². The summed E-state index contributed by atoms with van der Waals surface area (Å²) in [6, 6.07) is 1.96. The quantitative estimate of drug-likeness (QED) is 0.713. The number of nitrogens with one attached hydrogen (secondary N) is 2. The van der Waals surface area contributed by atoms with Crippen LogP contribution in [-0.4, -0.2) is 27.5 Å². The van der Waals surface area contributed by atoms with Crippen molar-refractivity contribution in [2.75, 3.05) is 0 Å². The van der Waals surface area contributed by atoms with E-state index in [0.29, 0.717) is 5.56 Å². The molecule has 2 aliphatic rings. The van der Waals surface area contributed by atoms with E-state index in [1.807, 2.05) is 0 Å². The number of benzene rings is 1. The molecule has 1 aromatic carbocycles. The van der Waals surface area contributed by atoms with Gasteiger partial charge in [0.25, 0.3) is 11.8 Å². The molecular weight excluding hydrogens is 396 g/mol. The highest BCUT2D eigenvalue weighted by Gasteiger charge is 2.37. The third kappa shape index (κ3) is 3.34. The van der Waals surface area contributed by atoms with Gasteiger partial charge in [0.05, 0.1) is 6.04 Å². The van der Waals surface area contributed by atoms with Gasteiger partial charge in [-0.2, -0.15) is 0 Å². The van der Waals surface area contributed by atoms with Crippen LogP contribution in [0, 0.1) is 18.6 Å². The van der Waals surface area contributed by atoms with Crippen LogP contribution in [0.3, 0.4) is 0 Å². The number of amides is 2. The lowest BCUT2D eigenvalue weighted by Crippen LogP contribution is -2.50. The minimum atomic E-state index is -1.01. The summed E-state index contributed by atoms with van der Waals surface area (Å²) in [5.74, 6) is -3.87. The lowest BCUT2D eigenvalue weighted by atomic mass is 9.87. The standard InChI is InChI=1S/C21H21F2N3O4/c1-10-6-13(22)11(14(23)7-10)8-24-20(29)12-9-26-16-5-3-2-4-15(16)25-21(30)17(26)19(28)18(12)27/h6-7,9,15-16,28H,2-5,8H2,1H3,(H,24,29)(H,25,30)/t15-,16+/m0/s1. The lowest BCUT2D eigenvalue weighted by molar-refractivity contribution is 0.0838. The van der Waals surface area contributed by atoms with Gasteiger partial charge in [-0.25, -0.2) is 8.78 Å². The minimum absolute atomic E-state index is 0.146. The lowest BCUT2D eigenvalue weighted by Gasteiger charge is -2.39. The molecule has 1 aliphatic heterocycles. The highest BCUT2D eigenvalue weighted by molar-refractivity contribution is 5.99. The second-order valence-electron chi connectivity index (χ2n) is 7.80. The summed E-state index contributed by atoms with van der Waals surface area (Å²) in [5, 5.41) is 15.5. The van der Waals surface area contributed by atoms with Gasteiger partial charge in [0, 0.05) is 24.3 Å². The van der Waals surface area contributed by atoms with E-state index >= 15 is 0 Å². The van der Waals surface area contributed by atoms with Gasteiger partial charge in [0.2, 0.25) is 5.43 Å². The van der Waals surface area contributed by atoms with E-state index in [1.54, 1.807) is 6.92 Å². The van der Waals surface area contributed by atoms with Crippen molar-refractivity contribution in [1.29, 1.82) is 0 Å². The molecule has 3 N–H and O–H groups in total. The Kier molecular flexibility index (Phi) is 5.05. The van der Waals surface area contributed by atoms with Gasteiger partial charge in [0.1, 0.15) is 17.2 Å². The van der Waals surface area contributed by atoms with Crippen LogP contribution < -0.4 is 16.1 Å². The van der Waals surface area contributed by atoms with Crippen LogP contribution in [0.5, 0.6) is 5.75 Å². The van der Waals surface area contributed by atoms with Gasteiger partial charge < -0.3 is 20.3 Å². The van der Waals surface area contributed by atoms with E-state index in [2.05, 4.69) is 10.6 Å². The number of aryl methyl sites for hydroxylation is 1. The molecule has 7 nitrogen and oxygen atoms in total. The normalized spacial score (nSPS) is 20.2. The van der Waals surface area contributed by atoms with Crippen LogP contribution in [0.2, 0.25) is 0 Å². The van der Waals surface area contributed by atoms with Crippen molar-refractivity contribution >= 4 is 11.8 Å². The number of halogens is 2. The Bertz CT molecular complexity index is 1090. The van der Waals surface area contributed by atoms with Crippen molar-refractivity contribution < 1.29 is 23.5 Å². The molecule has 1 saturated carbocycles. The van der Waals surface area contributed by atoms with Crippen LogP contribution in [0.25, 0.3) is 0 Å². The SMILES string of the molecule is Cc1cc(F)c(CNC(=O)c2cn3c(c(O)c2=O)C(=O)N[C@H]2CCCC[C@H]23)c(F)c1. The van der Waals surface area contributed by atoms with Crippen LogP contribution in [-0.2, 0) is 6.54 Å². The predicted octanol–water partition coefficient (Wildman–Crippen LogP) is 2.30. The maximum Gasteiger partial charge on any atom is 0.272 e. The van der Waals surface area contributed by atoms with E-state index < -0.39 is 41.2 Å². The van der Waals surface area contributed by atoms with Crippen molar-refractivity contribution in [1.82, 2.24) is 15.2 Å². The molecule has 0 saturated heterocycles. The molecule has 0 bridgehead atoms. The number of nitrogens with zero attached hydrogens (tertiary/aromatic N) is 1. The highest BCUT2D eigenvalue weighted by Crippen LogP contribution is 2.34. The molecule has 0 radical (unpaired) electrons. The van der Waals surface area contributed by atoms with Crippen molar-refractivity contribution in [3.8, 4) is 5.75 Å². The Morgan fingerprint density at radius 1 is 1.23 bits per heavy atom. The average molecular weight is 417 g/mol. The zero-order valence-corrected chi connectivity index (χ0v) is 16.3. The van der Waals surface area contributed by atoms with Gasteiger partial charge in [-0.3, -0.25) is 14.4 Å². The number of fused-ring (bicyclic) bond motifs is 3. The zero-order chi connectivity index (χ0) is 21.6. The molecule has 1 aromatic heterocycles. The fraction of sp³-hybridized carbons (Fsp3) is 0.381. The largest absolute Gasteiger partial charge is 0.503 e. The third-order valence-electron chi connectivity index (χ3n) is 5.78. The van der Waals surface area contributed by atoms with E-state index in [1.165, 1.54) is 10.8 Å². The fourth-order valence-electron chi connectivity index (χ4n) is 4.28. The molecule has 0 spiro atoms. The number of carbonyl (C=O) groups excluding carboxylic acids is 2. The number of rotatable bonds is 3. The number of aromatic hydroxyl groups is 1. The smallest absolute Gasteiger partial charge is 0.272 e. The summed E-state index contributed by atoms with van der Waals surface area (Å²) >= 11 is 0. The molecule has 4 rings (SSSR count). The van der Waals surface area contributed by atoms with Crippen LogP contribution >= 0.6 is 0 Å². The summed E-state index contributed by atoms with van der Waals surface area (Å²) in [5.41, 5.74) is -1.49. The molecule has 158 valence electrons. The van der Waals surface area contributed by atoms with Gasteiger partial charge >= 0.3 is 0 Å². The topological polar surface area (TPSA) is 100 Å². The molecule has 2 atom stereocenters. The number of hydrogen-bond acceptors (Lipinski definition) is 4. The molecule has 2 heterocycles. The van der Waals surface area contributed by atoms with Crippen molar-refractivity contribution in [2.45, 2.75) is 51.2 Å².